The molecule has 3 rings (SSSR count). The topological polar surface area (TPSA) is 67.4 Å². The van der Waals surface area contributed by atoms with E-state index in [0.29, 0.717) is 29.2 Å². The van der Waals surface area contributed by atoms with E-state index in [-0.39, 0.29) is 17.9 Å². The van der Waals surface area contributed by atoms with Crippen molar-refractivity contribution in [2.75, 3.05) is 11.9 Å². The molecule has 0 bridgehead atoms. The smallest absolute Gasteiger partial charge is 0.255 e. The van der Waals surface area contributed by atoms with Crippen LogP contribution in [0.2, 0.25) is 0 Å². The maximum absolute atomic E-state index is 12.7. The summed E-state index contributed by atoms with van der Waals surface area (Å²) >= 11 is 0. The average Bonchev–Trinajstić information content (AvgIpc) is 2.69. The van der Waals surface area contributed by atoms with Crippen molar-refractivity contribution in [2.45, 2.75) is 45.1 Å². The van der Waals surface area contributed by atoms with Gasteiger partial charge in [-0.15, -0.1) is 0 Å². The highest BCUT2D eigenvalue weighted by Crippen LogP contribution is 2.21. The van der Waals surface area contributed by atoms with Crippen LogP contribution in [0, 0.1) is 0 Å². The fourth-order valence-corrected chi connectivity index (χ4v) is 3.39. The summed E-state index contributed by atoms with van der Waals surface area (Å²) in [6.07, 6.45) is 5.58. The Balaban J connectivity index is 1.72. The van der Waals surface area contributed by atoms with Crippen molar-refractivity contribution in [3.63, 3.8) is 0 Å². The quantitative estimate of drug-likeness (QED) is 0.796. The number of carbonyl (C=O) groups excluding carboxylic acids is 2. The number of benzene rings is 2. The van der Waals surface area contributed by atoms with Crippen molar-refractivity contribution in [3.8, 4) is 5.75 Å². The number of carbonyl (C=O) groups is 2. The number of hydrogen-bond acceptors (Lipinski definition) is 3. The largest absolute Gasteiger partial charge is 0.494 e. The van der Waals surface area contributed by atoms with Gasteiger partial charge < -0.3 is 15.4 Å². The standard InChI is InChI=1S/C22H26N2O3/c1-2-27-18-12-8-9-16(15-18)21(25)24-20-14-7-6-13-19(20)22(26)23-17-10-4-3-5-11-17/h6-9,12-15,17H,2-5,10-11H2,1H3,(H,23,26)(H,24,25). The molecule has 1 fully saturated rings. The molecule has 0 heterocycles. The maximum Gasteiger partial charge on any atom is 0.255 e. The lowest BCUT2D eigenvalue weighted by molar-refractivity contribution is 0.0928. The average molecular weight is 366 g/mol. The number of anilines is 1. The minimum Gasteiger partial charge on any atom is -0.494 e. The van der Waals surface area contributed by atoms with Crippen LogP contribution in [0.1, 0.15) is 59.7 Å². The molecule has 0 atom stereocenters. The van der Waals surface area contributed by atoms with Gasteiger partial charge in [0.25, 0.3) is 11.8 Å². The maximum atomic E-state index is 12.7. The number of hydrogen-bond donors (Lipinski definition) is 2. The van der Waals surface area contributed by atoms with Crippen molar-refractivity contribution >= 4 is 17.5 Å². The molecule has 0 radical (unpaired) electrons. The Kier molecular flexibility index (Phi) is 6.47. The Morgan fingerprint density at radius 3 is 2.56 bits per heavy atom. The van der Waals surface area contributed by atoms with E-state index in [1.54, 1.807) is 36.4 Å². The number of ether oxygens (including phenoxy) is 1. The summed E-state index contributed by atoms with van der Waals surface area (Å²) in [5, 5.41) is 5.96. The molecule has 5 nitrogen and oxygen atoms in total. The molecule has 0 unspecified atom stereocenters. The predicted octanol–water partition coefficient (Wildman–Crippen LogP) is 4.40. The van der Waals surface area contributed by atoms with Gasteiger partial charge in [0, 0.05) is 11.6 Å². The number of nitrogens with one attached hydrogen (secondary N) is 2. The third kappa shape index (κ3) is 5.09. The normalized spacial score (nSPS) is 14.4. The summed E-state index contributed by atoms with van der Waals surface area (Å²) in [7, 11) is 0. The van der Waals surface area contributed by atoms with Crippen molar-refractivity contribution < 1.29 is 14.3 Å². The first-order valence-electron chi connectivity index (χ1n) is 9.61. The van der Waals surface area contributed by atoms with Crippen molar-refractivity contribution in [1.29, 1.82) is 0 Å². The first-order chi connectivity index (χ1) is 13.2. The van der Waals surface area contributed by atoms with Crippen LogP contribution in [-0.2, 0) is 0 Å². The van der Waals surface area contributed by atoms with Gasteiger partial charge in [-0.25, -0.2) is 0 Å². The van der Waals surface area contributed by atoms with Crippen LogP contribution in [-0.4, -0.2) is 24.5 Å². The molecule has 0 aliphatic heterocycles. The number of rotatable bonds is 6. The number of amides is 2. The van der Waals surface area contributed by atoms with Gasteiger partial charge in [-0.3, -0.25) is 9.59 Å². The third-order valence-electron chi connectivity index (χ3n) is 4.77. The van der Waals surface area contributed by atoms with Crippen LogP contribution in [0.5, 0.6) is 5.75 Å². The lowest BCUT2D eigenvalue weighted by Crippen LogP contribution is -2.36. The predicted molar refractivity (Wildman–Crippen MR) is 106 cm³/mol. The van der Waals surface area contributed by atoms with Gasteiger partial charge in [-0.2, -0.15) is 0 Å². The fourth-order valence-electron chi connectivity index (χ4n) is 3.39. The Bertz CT molecular complexity index is 798. The Morgan fingerprint density at radius 2 is 1.78 bits per heavy atom. The van der Waals surface area contributed by atoms with Gasteiger partial charge in [-0.05, 0) is 50.1 Å². The van der Waals surface area contributed by atoms with Gasteiger partial charge in [-0.1, -0.05) is 37.5 Å². The van der Waals surface area contributed by atoms with Crippen LogP contribution in [0.15, 0.2) is 48.5 Å². The molecule has 5 heteroatoms. The zero-order valence-corrected chi connectivity index (χ0v) is 15.7. The highest BCUT2D eigenvalue weighted by atomic mass is 16.5. The second-order valence-electron chi connectivity index (χ2n) is 6.77. The van der Waals surface area contributed by atoms with E-state index in [4.69, 9.17) is 4.74 Å². The number of para-hydroxylation sites is 1. The zero-order valence-electron chi connectivity index (χ0n) is 15.7. The second-order valence-corrected chi connectivity index (χ2v) is 6.77. The van der Waals surface area contributed by atoms with E-state index < -0.39 is 0 Å². The highest BCUT2D eigenvalue weighted by Gasteiger charge is 2.19. The van der Waals surface area contributed by atoms with E-state index in [1.807, 2.05) is 19.1 Å². The first-order valence-corrected chi connectivity index (χ1v) is 9.61. The molecule has 0 saturated heterocycles. The van der Waals surface area contributed by atoms with Gasteiger partial charge in [0.15, 0.2) is 0 Å². The van der Waals surface area contributed by atoms with Crippen molar-refractivity contribution in [1.82, 2.24) is 5.32 Å². The lowest BCUT2D eigenvalue weighted by atomic mass is 9.95. The Hall–Kier alpha value is -2.82. The fraction of sp³-hybridized carbons (Fsp3) is 0.364. The summed E-state index contributed by atoms with van der Waals surface area (Å²) < 4.78 is 5.45. The summed E-state index contributed by atoms with van der Waals surface area (Å²) in [4.78, 5) is 25.3. The molecule has 1 aliphatic rings. The van der Waals surface area contributed by atoms with Crippen LogP contribution < -0.4 is 15.4 Å². The molecule has 2 amide bonds. The van der Waals surface area contributed by atoms with Crippen molar-refractivity contribution in [2.24, 2.45) is 0 Å². The van der Waals surface area contributed by atoms with Crippen molar-refractivity contribution in [3.05, 3.63) is 59.7 Å². The van der Waals surface area contributed by atoms with Crippen LogP contribution in [0.4, 0.5) is 5.69 Å². The van der Waals surface area contributed by atoms with Crippen LogP contribution in [0.3, 0.4) is 0 Å². The van der Waals surface area contributed by atoms with E-state index in [2.05, 4.69) is 10.6 Å². The molecule has 2 N–H and O–H groups in total. The monoisotopic (exact) mass is 366 g/mol. The SMILES string of the molecule is CCOc1cccc(C(=O)Nc2ccccc2C(=O)NC2CCCCC2)c1. The van der Waals surface area contributed by atoms with Gasteiger partial charge in [0.1, 0.15) is 5.75 Å². The first kappa shape index (κ1) is 19.0. The molecular formula is C22H26N2O3. The zero-order chi connectivity index (χ0) is 19.1. The lowest BCUT2D eigenvalue weighted by Gasteiger charge is -2.23. The van der Waals surface area contributed by atoms with E-state index >= 15 is 0 Å². The molecule has 2 aromatic carbocycles. The molecule has 2 aromatic rings. The molecule has 1 saturated carbocycles. The summed E-state index contributed by atoms with van der Waals surface area (Å²) in [5.74, 6) is 0.240. The molecule has 0 spiro atoms. The summed E-state index contributed by atoms with van der Waals surface area (Å²) in [5.41, 5.74) is 1.48. The minimum atomic E-state index is -0.269. The molecular weight excluding hydrogens is 340 g/mol. The molecule has 142 valence electrons. The van der Waals surface area contributed by atoms with Gasteiger partial charge >= 0.3 is 0 Å². The molecule has 27 heavy (non-hydrogen) atoms. The Labute approximate surface area is 160 Å². The summed E-state index contributed by atoms with van der Waals surface area (Å²) in [6.45, 7) is 2.43. The van der Waals surface area contributed by atoms with Gasteiger partial charge in [0.05, 0.1) is 17.9 Å². The van der Waals surface area contributed by atoms with E-state index in [0.717, 1.165) is 25.7 Å². The molecule has 0 aromatic heterocycles. The van der Waals surface area contributed by atoms with Crippen LogP contribution in [0.25, 0.3) is 0 Å². The highest BCUT2D eigenvalue weighted by molar-refractivity contribution is 6.09. The molecule has 1 aliphatic carbocycles. The van der Waals surface area contributed by atoms with E-state index in [1.165, 1.54) is 6.42 Å². The van der Waals surface area contributed by atoms with E-state index in [9.17, 15) is 9.59 Å². The van der Waals surface area contributed by atoms with Crippen LogP contribution >= 0.6 is 0 Å². The minimum absolute atomic E-state index is 0.138. The Morgan fingerprint density at radius 1 is 1.00 bits per heavy atom. The second kappa shape index (κ2) is 9.21. The summed E-state index contributed by atoms with van der Waals surface area (Å²) in [6, 6.07) is 14.3. The van der Waals surface area contributed by atoms with Gasteiger partial charge in [0.2, 0.25) is 0 Å². The third-order valence-corrected chi connectivity index (χ3v) is 4.77.